The van der Waals surface area contributed by atoms with Crippen molar-refractivity contribution in [2.45, 2.75) is 4.90 Å². The number of benzene rings is 1. The van der Waals surface area contributed by atoms with Crippen LogP contribution in [0.15, 0.2) is 46.7 Å². The van der Waals surface area contributed by atoms with Crippen LogP contribution in [0.3, 0.4) is 0 Å². The third-order valence-electron chi connectivity index (χ3n) is 2.15. The molecule has 1 aromatic heterocycles. The van der Waals surface area contributed by atoms with E-state index in [9.17, 15) is 17.6 Å². The third kappa shape index (κ3) is 3.37. The number of hydrazine groups is 1. The van der Waals surface area contributed by atoms with Crippen LogP contribution in [-0.2, 0) is 10.0 Å². The standard InChI is InChI=1S/C11H9FN2O3S2/c12-8-3-1-4-9(7-8)19(16,17)14-13-11(15)10-5-2-6-18-10/h1-7,14H,(H,13,15). The summed E-state index contributed by atoms with van der Waals surface area (Å²) in [6.45, 7) is 0. The fraction of sp³-hybridized carbons (Fsp3) is 0. The van der Waals surface area contributed by atoms with Crippen molar-refractivity contribution in [2.24, 2.45) is 0 Å². The highest BCUT2D eigenvalue weighted by Gasteiger charge is 2.16. The molecule has 2 N–H and O–H groups in total. The Labute approximate surface area is 113 Å². The second kappa shape index (κ2) is 5.47. The van der Waals surface area contributed by atoms with Crippen molar-refractivity contribution < 1.29 is 17.6 Å². The number of nitrogens with one attached hydrogen (secondary N) is 2. The second-order valence-corrected chi connectivity index (χ2v) is 6.12. The summed E-state index contributed by atoms with van der Waals surface area (Å²) in [7, 11) is -3.99. The number of thiophene rings is 1. The van der Waals surface area contributed by atoms with Crippen LogP contribution in [0, 0.1) is 5.82 Å². The summed E-state index contributed by atoms with van der Waals surface area (Å²) >= 11 is 1.17. The molecule has 1 aromatic carbocycles. The van der Waals surface area contributed by atoms with Crippen LogP contribution < -0.4 is 10.3 Å². The predicted molar refractivity (Wildman–Crippen MR) is 68.5 cm³/mol. The summed E-state index contributed by atoms with van der Waals surface area (Å²) in [4.78, 5) is 13.6. The van der Waals surface area contributed by atoms with Gasteiger partial charge in [0.25, 0.3) is 15.9 Å². The smallest absolute Gasteiger partial charge is 0.273 e. The Morgan fingerprint density at radius 1 is 1.21 bits per heavy atom. The van der Waals surface area contributed by atoms with E-state index in [1.54, 1.807) is 17.5 Å². The maximum Gasteiger partial charge on any atom is 0.276 e. The number of carbonyl (C=O) groups excluding carboxylic acids is 1. The summed E-state index contributed by atoms with van der Waals surface area (Å²) in [6.07, 6.45) is 0. The van der Waals surface area contributed by atoms with Gasteiger partial charge in [0.2, 0.25) is 0 Å². The van der Waals surface area contributed by atoms with Crippen molar-refractivity contribution in [2.75, 3.05) is 0 Å². The minimum absolute atomic E-state index is 0.265. The molecule has 8 heteroatoms. The lowest BCUT2D eigenvalue weighted by Gasteiger charge is -2.07. The number of amides is 1. The van der Waals surface area contributed by atoms with Gasteiger partial charge in [0, 0.05) is 0 Å². The fourth-order valence-electron chi connectivity index (χ4n) is 1.28. The Morgan fingerprint density at radius 3 is 2.63 bits per heavy atom. The molecule has 0 aliphatic rings. The van der Waals surface area contributed by atoms with E-state index in [4.69, 9.17) is 0 Å². The lowest BCUT2D eigenvalue weighted by Crippen LogP contribution is -2.41. The van der Waals surface area contributed by atoms with E-state index >= 15 is 0 Å². The average molecular weight is 300 g/mol. The van der Waals surface area contributed by atoms with Crippen LogP contribution >= 0.6 is 11.3 Å². The van der Waals surface area contributed by atoms with Crippen molar-refractivity contribution in [3.63, 3.8) is 0 Å². The van der Waals surface area contributed by atoms with Gasteiger partial charge in [-0.1, -0.05) is 12.1 Å². The fourth-order valence-corrected chi connectivity index (χ4v) is 2.77. The summed E-state index contributed by atoms with van der Waals surface area (Å²) in [5.74, 6) is -1.25. The van der Waals surface area contributed by atoms with Crippen molar-refractivity contribution in [1.29, 1.82) is 0 Å². The van der Waals surface area contributed by atoms with Crippen LogP contribution in [0.25, 0.3) is 0 Å². The number of halogens is 1. The summed E-state index contributed by atoms with van der Waals surface area (Å²) < 4.78 is 36.5. The molecule has 0 aliphatic heterocycles. The minimum atomic E-state index is -3.99. The monoisotopic (exact) mass is 300 g/mol. The molecular formula is C11H9FN2O3S2. The Morgan fingerprint density at radius 2 is 2.00 bits per heavy atom. The van der Waals surface area contributed by atoms with Gasteiger partial charge in [-0.3, -0.25) is 10.2 Å². The molecule has 0 saturated carbocycles. The Balaban J connectivity index is 2.08. The number of rotatable bonds is 4. The molecule has 0 radical (unpaired) electrons. The average Bonchev–Trinajstić information content (AvgIpc) is 2.90. The topological polar surface area (TPSA) is 75.3 Å². The Kier molecular flexibility index (Phi) is 3.93. The van der Waals surface area contributed by atoms with Crippen molar-refractivity contribution in [3.8, 4) is 0 Å². The van der Waals surface area contributed by atoms with Crippen molar-refractivity contribution in [3.05, 3.63) is 52.5 Å². The molecule has 0 atom stereocenters. The van der Waals surface area contributed by atoms with Crippen LogP contribution in [0.5, 0.6) is 0 Å². The van der Waals surface area contributed by atoms with Crippen LogP contribution in [0.2, 0.25) is 0 Å². The number of hydrogen-bond acceptors (Lipinski definition) is 4. The maximum absolute atomic E-state index is 12.9. The van der Waals surface area contributed by atoms with Gasteiger partial charge in [-0.25, -0.2) is 12.8 Å². The summed E-state index contributed by atoms with van der Waals surface area (Å²) in [5.41, 5.74) is 2.05. The normalized spacial score (nSPS) is 11.2. The van der Waals surface area contributed by atoms with E-state index in [1.165, 1.54) is 23.5 Å². The van der Waals surface area contributed by atoms with Gasteiger partial charge < -0.3 is 0 Å². The maximum atomic E-state index is 12.9. The molecule has 0 fully saturated rings. The van der Waals surface area contributed by atoms with E-state index in [0.29, 0.717) is 4.88 Å². The zero-order valence-corrected chi connectivity index (χ0v) is 11.1. The van der Waals surface area contributed by atoms with E-state index < -0.39 is 21.7 Å². The molecule has 0 unspecified atom stereocenters. The predicted octanol–water partition coefficient (Wildman–Crippen LogP) is 1.51. The molecule has 100 valence electrons. The first-order valence-electron chi connectivity index (χ1n) is 5.10. The molecule has 0 aliphatic carbocycles. The van der Waals surface area contributed by atoms with Gasteiger partial charge in [-0.05, 0) is 29.6 Å². The molecule has 1 heterocycles. The van der Waals surface area contributed by atoms with E-state index in [-0.39, 0.29) is 4.90 Å². The van der Waals surface area contributed by atoms with Gasteiger partial charge >= 0.3 is 0 Å². The van der Waals surface area contributed by atoms with E-state index in [2.05, 4.69) is 5.43 Å². The lowest BCUT2D eigenvalue weighted by molar-refractivity contribution is 0.0949. The van der Waals surface area contributed by atoms with E-state index in [1.807, 2.05) is 4.83 Å². The van der Waals surface area contributed by atoms with Crippen LogP contribution in [0.1, 0.15) is 9.67 Å². The number of carbonyl (C=O) groups is 1. The SMILES string of the molecule is O=C(NNS(=O)(=O)c1cccc(F)c1)c1cccs1. The first kappa shape index (κ1) is 13.7. The minimum Gasteiger partial charge on any atom is -0.273 e. The highest BCUT2D eigenvalue weighted by molar-refractivity contribution is 7.89. The van der Waals surface area contributed by atoms with Gasteiger partial charge in [0.15, 0.2) is 0 Å². The molecule has 2 rings (SSSR count). The second-order valence-electron chi connectivity index (χ2n) is 3.49. The van der Waals surface area contributed by atoms with E-state index in [0.717, 1.165) is 12.1 Å². The molecule has 1 amide bonds. The highest BCUT2D eigenvalue weighted by atomic mass is 32.2. The third-order valence-corrected chi connectivity index (χ3v) is 4.26. The molecule has 2 aromatic rings. The van der Waals surface area contributed by atoms with Crippen molar-refractivity contribution >= 4 is 27.3 Å². The highest BCUT2D eigenvalue weighted by Crippen LogP contribution is 2.10. The van der Waals surface area contributed by atoms with Crippen LogP contribution in [0.4, 0.5) is 4.39 Å². The Bertz CT molecular complexity index is 684. The first-order chi connectivity index (χ1) is 8.99. The Hall–Kier alpha value is -1.77. The lowest BCUT2D eigenvalue weighted by atomic mass is 10.4. The van der Waals surface area contributed by atoms with Gasteiger partial charge in [-0.2, -0.15) is 0 Å². The van der Waals surface area contributed by atoms with Gasteiger partial charge in [0.1, 0.15) is 5.82 Å². The molecule has 0 spiro atoms. The molecule has 5 nitrogen and oxygen atoms in total. The summed E-state index contributed by atoms with van der Waals surface area (Å²) in [5, 5.41) is 1.69. The summed E-state index contributed by atoms with van der Waals surface area (Å²) in [6, 6.07) is 7.70. The van der Waals surface area contributed by atoms with Gasteiger partial charge in [-0.15, -0.1) is 16.2 Å². The van der Waals surface area contributed by atoms with Gasteiger partial charge in [0.05, 0.1) is 9.77 Å². The number of hydrogen-bond donors (Lipinski definition) is 2. The molecule has 0 bridgehead atoms. The quantitative estimate of drug-likeness (QED) is 0.840. The zero-order valence-electron chi connectivity index (χ0n) is 9.46. The number of sulfonamides is 1. The molecule has 19 heavy (non-hydrogen) atoms. The van der Waals surface area contributed by atoms with Crippen LogP contribution in [-0.4, -0.2) is 14.3 Å². The zero-order chi connectivity index (χ0) is 13.9. The van der Waals surface area contributed by atoms with Crippen molar-refractivity contribution in [1.82, 2.24) is 10.3 Å². The molecule has 0 saturated heterocycles. The first-order valence-corrected chi connectivity index (χ1v) is 7.46. The largest absolute Gasteiger partial charge is 0.276 e. The molecular weight excluding hydrogens is 291 g/mol.